The molecule has 3 heterocycles. The Hall–Kier alpha value is -2.75. The Bertz CT molecular complexity index is 1140. The monoisotopic (exact) mass is 460 g/mol. The van der Waals surface area contributed by atoms with Gasteiger partial charge < -0.3 is 10.1 Å². The number of hydrogen-bond acceptors (Lipinski definition) is 7. The minimum atomic E-state index is -0.919. The molecular weight excluding hydrogens is 432 g/mol. The quantitative estimate of drug-likeness (QED) is 0.555. The molecule has 1 saturated heterocycles. The zero-order chi connectivity index (χ0) is 23.3. The average molecular weight is 461 g/mol. The van der Waals surface area contributed by atoms with Crippen molar-refractivity contribution >= 4 is 34.2 Å². The Morgan fingerprint density at radius 1 is 1.28 bits per heavy atom. The van der Waals surface area contributed by atoms with Gasteiger partial charge in [0.05, 0.1) is 5.69 Å². The van der Waals surface area contributed by atoms with Crippen molar-refractivity contribution in [1.29, 1.82) is 0 Å². The van der Waals surface area contributed by atoms with E-state index in [0.29, 0.717) is 29.4 Å². The second-order valence-corrected chi connectivity index (χ2v) is 10.6. The van der Waals surface area contributed by atoms with Crippen molar-refractivity contribution in [2.75, 3.05) is 6.54 Å². The summed E-state index contributed by atoms with van der Waals surface area (Å²) in [7, 11) is 0. The van der Waals surface area contributed by atoms with E-state index in [4.69, 9.17) is 4.74 Å². The summed E-state index contributed by atoms with van der Waals surface area (Å²) < 4.78 is 6.70. The maximum Gasteiger partial charge on any atom is 0.326 e. The number of aryl methyl sites for hydroxylation is 1. The highest BCUT2D eigenvalue weighted by Gasteiger charge is 2.53. The Morgan fingerprint density at radius 3 is 2.62 bits per heavy atom. The van der Waals surface area contributed by atoms with Gasteiger partial charge in [0.25, 0.3) is 11.5 Å². The predicted molar refractivity (Wildman–Crippen MR) is 118 cm³/mol. The first-order valence-corrected chi connectivity index (χ1v) is 11.6. The Morgan fingerprint density at radius 2 is 1.97 bits per heavy atom. The molecule has 0 aromatic carbocycles. The lowest BCUT2D eigenvalue weighted by Crippen LogP contribution is -2.50. The van der Waals surface area contributed by atoms with Crippen molar-refractivity contribution in [3.8, 4) is 0 Å². The highest BCUT2D eigenvalue weighted by molar-refractivity contribution is 7.15. The van der Waals surface area contributed by atoms with Gasteiger partial charge in [0.1, 0.15) is 18.7 Å². The summed E-state index contributed by atoms with van der Waals surface area (Å²) in [4.78, 5) is 55.9. The van der Waals surface area contributed by atoms with E-state index in [1.165, 1.54) is 21.8 Å². The van der Waals surface area contributed by atoms with E-state index in [9.17, 15) is 19.2 Å². The van der Waals surface area contributed by atoms with Gasteiger partial charge in [-0.05, 0) is 43.9 Å². The lowest BCUT2D eigenvalue weighted by molar-refractivity contribution is -0.149. The van der Waals surface area contributed by atoms with Crippen LogP contribution < -0.4 is 10.9 Å². The number of aromatic nitrogens is 2. The first-order valence-electron chi connectivity index (χ1n) is 10.8. The van der Waals surface area contributed by atoms with Crippen molar-refractivity contribution in [2.24, 2.45) is 11.3 Å². The number of fused-ring (bicyclic) bond motifs is 1. The van der Waals surface area contributed by atoms with Crippen molar-refractivity contribution in [3.05, 3.63) is 33.2 Å². The van der Waals surface area contributed by atoms with Crippen LogP contribution in [0.5, 0.6) is 0 Å². The summed E-state index contributed by atoms with van der Waals surface area (Å²) in [5.74, 6) is -0.602. The van der Waals surface area contributed by atoms with E-state index in [1.54, 1.807) is 0 Å². The smallest absolute Gasteiger partial charge is 0.326 e. The first-order chi connectivity index (χ1) is 15.0. The third-order valence-corrected chi connectivity index (χ3v) is 7.55. The summed E-state index contributed by atoms with van der Waals surface area (Å²) in [5, 5.41) is 4.65. The fourth-order valence-electron chi connectivity index (χ4n) is 4.64. The van der Waals surface area contributed by atoms with Crippen LogP contribution in [0.3, 0.4) is 0 Å². The molecular formula is C22H28N4O5S. The van der Waals surface area contributed by atoms with Crippen LogP contribution >= 0.6 is 11.3 Å². The number of hydrogen-bond donors (Lipinski definition) is 1. The number of nitrogens with one attached hydrogen (secondary N) is 1. The minimum absolute atomic E-state index is 0.151. The summed E-state index contributed by atoms with van der Waals surface area (Å²) >= 11 is 1.32. The number of carbonyl (C=O) groups is 3. The molecule has 0 radical (unpaired) electrons. The molecule has 0 unspecified atom stereocenters. The van der Waals surface area contributed by atoms with Gasteiger partial charge in [-0.3, -0.25) is 23.7 Å². The number of rotatable bonds is 4. The molecule has 4 rings (SSSR count). The molecule has 1 N–H and O–H groups in total. The minimum Gasteiger partial charge on any atom is -0.458 e. The fraction of sp³-hybridized carbons (Fsp3) is 0.591. The Labute approximate surface area is 189 Å². The average Bonchev–Trinajstić information content (AvgIpc) is 3.19. The van der Waals surface area contributed by atoms with Crippen LogP contribution in [-0.2, 0) is 20.9 Å². The molecule has 1 aliphatic carbocycles. The van der Waals surface area contributed by atoms with Gasteiger partial charge in [0.2, 0.25) is 0 Å². The predicted octanol–water partition coefficient (Wildman–Crippen LogP) is 2.63. The molecule has 0 atom stereocenters. The molecule has 2 fully saturated rings. The van der Waals surface area contributed by atoms with Gasteiger partial charge in [0.15, 0.2) is 4.96 Å². The summed E-state index contributed by atoms with van der Waals surface area (Å²) in [6.07, 6.45) is 2.83. The second-order valence-electron chi connectivity index (χ2n) is 9.79. The molecule has 32 heavy (non-hydrogen) atoms. The zero-order valence-corrected chi connectivity index (χ0v) is 19.6. The van der Waals surface area contributed by atoms with Crippen molar-refractivity contribution in [1.82, 2.24) is 19.6 Å². The van der Waals surface area contributed by atoms with Crippen LogP contribution in [0.4, 0.5) is 4.79 Å². The number of nitrogens with zero attached hydrogens (tertiary/aromatic N) is 3. The zero-order valence-electron chi connectivity index (χ0n) is 18.8. The van der Waals surface area contributed by atoms with Crippen LogP contribution in [0.2, 0.25) is 0 Å². The second kappa shape index (κ2) is 7.99. The maximum absolute atomic E-state index is 13.0. The van der Waals surface area contributed by atoms with Gasteiger partial charge in [-0.2, -0.15) is 0 Å². The molecule has 1 aliphatic heterocycles. The largest absolute Gasteiger partial charge is 0.458 e. The van der Waals surface area contributed by atoms with E-state index >= 15 is 0 Å². The molecule has 10 heteroatoms. The summed E-state index contributed by atoms with van der Waals surface area (Å²) in [6, 6.07) is 0.754. The Kier molecular flexibility index (Phi) is 5.60. The first kappa shape index (κ1) is 22.4. The van der Waals surface area contributed by atoms with Crippen molar-refractivity contribution in [2.45, 2.75) is 65.5 Å². The number of esters is 1. The van der Waals surface area contributed by atoms with Crippen LogP contribution in [0.15, 0.2) is 16.2 Å². The highest BCUT2D eigenvalue weighted by Crippen LogP contribution is 2.43. The van der Waals surface area contributed by atoms with E-state index in [-0.39, 0.29) is 23.5 Å². The molecule has 1 spiro atoms. The van der Waals surface area contributed by atoms with Crippen LogP contribution in [0.1, 0.15) is 57.8 Å². The van der Waals surface area contributed by atoms with Crippen LogP contribution in [-0.4, -0.2) is 44.3 Å². The summed E-state index contributed by atoms with van der Waals surface area (Å²) in [6.45, 7) is 7.71. The molecule has 2 aliphatic rings. The molecule has 0 bridgehead atoms. The molecule has 1 saturated carbocycles. The SMILES string of the molecule is Cc1csc2nc(COC(=O)CN3C(=O)NC4(CCC(C(C)(C)C)CC4)C3=O)cc(=O)n12. The van der Waals surface area contributed by atoms with Crippen LogP contribution in [0, 0.1) is 18.3 Å². The number of urea groups is 1. The third-order valence-electron chi connectivity index (χ3n) is 6.61. The third kappa shape index (κ3) is 4.03. The number of ether oxygens (including phenoxy) is 1. The number of carbonyl (C=O) groups excluding carboxylic acids is 3. The number of thiazole rings is 1. The number of amides is 3. The maximum atomic E-state index is 13.0. The topological polar surface area (TPSA) is 110 Å². The molecule has 9 nitrogen and oxygen atoms in total. The Balaban J connectivity index is 1.37. The van der Waals surface area contributed by atoms with Gasteiger partial charge in [0, 0.05) is 17.1 Å². The molecule has 2 aromatic rings. The fourth-order valence-corrected chi connectivity index (χ4v) is 5.53. The van der Waals surface area contributed by atoms with Gasteiger partial charge >= 0.3 is 12.0 Å². The molecule has 2 aromatic heterocycles. The normalized spacial score (nSPS) is 23.8. The van der Waals surface area contributed by atoms with E-state index in [2.05, 4.69) is 31.1 Å². The van der Waals surface area contributed by atoms with Crippen LogP contribution in [0.25, 0.3) is 4.96 Å². The van der Waals surface area contributed by atoms with Gasteiger partial charge in [-0.15, -0.1) is 11.3 Å². The van der Waals surface area contributed by atoms with Gasteiger partial charge in [-0.1, -0.05) is 20.8 Å². The number of imide groups is 1. The van der Waals surface area contributed by atoms with E-state index < -0.39 is 24.1 Å². The van der Waals surface area contributed by atoms with E-state index in [0.717, 1.165) is 23.4 Å². The molecule has 3 amide bonds. The highest BCUT2D eigenvalue weighted by atomic mass is 32.1. The standard InChI is InChI=1S/C22H28N4O5S/c1-13-12-32-20-23-15(9-16(27)26(13)20)11-31-17(28)10-25-18(29)22(24-19(25)30)7-5-14(6-8-22)21(2,3)4/h9,12,14H,5-8,10-11H2,1-4H3,(H,24,30). The lowest BCUT2D eigenvalue weighted by Gasteiger charge is -2.40. The van der Waals surface area contributed by atoms with E-state index in [1.807, 2.05) is 12.3 Å². The van der Waals surface area contributed by atoms with Crippen molar-refractivity contribution in [3.63, 3.8) is 0 Å². The summed E-state index contributed by atoms with van der Waals surface area (Å²) in [5.41, 5.74) is 0.0892. The molecule has 172 valence electrons. The van der Waals surface area contributed by atoms with Crippen molar-refractivity contribution < 1.29 is 19.1 Å². The lowest BCUT2D eigenvalue weighted by atomic mass is 9.67. The van der Waals surface area contributed by atoms with Gasteiger partial charge in [-0.25, -0.2) is 9.78 Å².